The summed E-state index contributed by atoms with van der Waals surface area (Å²) in [5.41, 5.74) is 0.987. The highest BCUT2D eigenvalue weighted by Gasteiger charge is 2.15. The normalized spacial score (nSPS) is 11.6. The van der Waals surface area contributed by atoms with Crippen molar-refractivity contribution in [2.45, 2.75) is 19.4 Å². The van der Waals surface area contributed by atoms with E-state index in [1.807, 2.05) is 6.92 Å². The maximum absolute atomic E-state index is 12.3. The van der Waals surface area contributed by atoms with Crippen molar-refractivity contribution in [1.29, 1.82) is 0 Å². The highest BCUT2D eigenvalue weighted by molar-refractivity contribution is 5.98. The molecule has 7 nitrogen and oxygen atoms in total. The van der Waals surface area contributed by atoms with Gasteiger partial charge in [-0.05, 0) is 25.1 Å². The summed E-state index contributed by atoms with van der Waals surface area (Å²) in [6, 6.07) is 3.99. The van der Waals surface area contributed by atoms with Crippen molar-refractivity contribution in [3.05, 3.63) is 53.6 Å². The summed E-state index contributed by atoms with van der Waals surface area (Å²) in [5, 5.41) is 11.9. The second-order valence-corrected chi connectivity index (χ2v) is 5.03. The van der Waals surface area contributed by atoms with E-state index in [2.05, 4.69) is 15.3 Å². The molecular formula is C16H17N3O4. The van der Waals surface area contributed by atoms with Crippen molar-refractivity contribution in [3.63, 3.8) is 0 Å². The molecule has 0 bridgehead atoms. The van der Waals surface area contributed by atoms with E-state index in [9.17, 15) is 9.59 Å². The third kappa shape index (κ3) is 4.50. The monoisotopic (exact) mass is 315 g/mol. The average Bonchev–Trinajstić information content (AvgIpc) is 2.55. The molecule has 0 radical (unpaired) electrons. The van der Waals surface area contributed by atoms with Crippen LogP contribution >= 0.6 is 0 Å². The number of ether oxygens (including phenoxy) is 1. The van der Waals surface area contributed by atoms with Crippen molar-refractivity contribution in [2.24, 2.45) is 0 Å². The molecule has 0 saturated carbocycles. The standard InChI is InChI=1S/C16H17N3O4/c1-10(5-13-9-17-3-4-18-13)19-15(20)11-6-12(16(21)22)8-14(7-11)23-2/h3-4,6-10H,5H2,1-2H3,(H,19,20)(H,21,22). The zero-order valence-electron chi connectivity index (χ0n) is 12.8. The number of carboxylic acid groups (broad SMARTS) is 1. The van der Waals surface area contributed by atoms with Gasteiger partial charge in [-0.2, -0.15) is 0 Å². The molecule has 0 aliphatic carbocycles. The number of methoxy groups -OCH3 is 1. The van der Waals surface area contributed by atoms with Crippen LogP contribution < -0.4 is 10.1 Å². The molecule has 1 aromatic heterocycles. The van der Waals surface area contributed by atoms with Gasteiger partial charge in [0.2, 0.25) is 0 Å². The second kappa shape index (κ2) is 7.35. The molecule has 0 spiro atoms. The fourth-order valence-corrected chi connectivity index (χ4v) is 2.08. The van der Waals surface area contributed by atoms with Crippen molar-refractivity contribution in [1.82, 2.24) is 15.3 Å². The van der Waals surface area contributed by atoms with E-state index < -0.39 is 5.97 Å². The highest BCUT2D eigenvalue weighted by atomic mass is 16.5. The van der Waals surface area contributed by atoms with Crippen LogP contribution in [-0.4, -0.2) is 40.1 Å². The molecule has 120 valence electrons. The molecule has 7 heteroatoms. The minimum Gasteiger partial charge on any atom is -0.497 e. The molecule has 1 aromatic carbocycles. The molecule has 2 rings (SSSR count). The third-order valence-electron chi connectivity index (χ3n) is 3.16. The molecule has 23 heavy (non-hydrogen) atoms. The number of aromatic nitrogens is 2. The Morgan fingerprint density at radius 1 is 1.26 bits per heavy atom. The fourth-order valence-electron chi connectivity index (χ4n) is 2.08. The Kier molecular flexibility index (Phi) is 5.24. The van der Waals surface area contributed by atoms with E-state index >= 15 is 0 Å². The van der Waals surface area contributed by atoms with Crippen LogP contribution in [0.1, 0.15) is 33.3 Å². The minimum absolute atomic E-state index is 0.00363. The SMILES string of the molecule is COc1cc(C(=O)O)cc(C(=O)NC(C)Cc2cnccn2)c1. The Balaban J connectivity index is 2.10. The molecule has 0 saturated heterocycles. The van der Waals surface area contributed by atoms with E-state index in [4.69, 9.17) is 9.84 Å². The van der Waals surface area contributed by atoms with Gasteiger partial charge in [0.05, 0.1) is 18.4 Å². The van der Waals surface area contributed by atoms with Crippen LogP contribution in [0.15, 0.2) is 36.8 Å². The van der Waals surface area contributed by atoms with Crippen LogP contribution in [0.4, 0.5) is 0 Å². The molecule has 1 heterocycles. The molecule has 2 aromatic rings. The minimum atomic E-state index is -1.12. The Labute approximate surface area is 133 Å². The Hall–Kier alpha value is -2.96. The van der Waals surface area contributed by atoms with Gasteiger partial charge < -0.3 is 15.2 Å². The summed E-state index contributed by atoms with van der Waals surface area (Å²) in [7, 11) is 1.42. The lowest BCUT2D eigenvalue weighted by atomic mass is 10.1. The molecule has 2 N–H and O–H groups in total. The first-order valence-electron chi connectivity index (χ1n) is 6.97. The lowest BCUT2D eigenvalue weighted by Crippen LogP contribution is -2.34. The van der Waals surface area contributed by atoms with Crippen LogP contribution in [0.3, 0.4) is 0 Å². The molecule has 1 atom stereocenters. The van der Waals surface area contributed by atoms with E-state index in [0.29, 0.717) is 12.2 Å². The largest absolute Gasteiger partial charge is 0.497 e. The number of hydrogen-bond donors (Lipinski definition) is 2. The fraction of sp³-hybridized carbons (Fsp3) is 0.250. The first kappa shape index (κ1) is 16.4. The third-order valence-corrected chi connectivity index (χ3v) is 3.16. The second-order valence-electron chi connectivity index (χ2n) is 5.03. The number of hydrogen-bond acceptors (Lipinski definition) is 5. The number of carbonyl (C=O) groups excluding carboxylic acids is 1. The van der Waals surface area contributed by atoms with Gasteiger partial charge in [0.15, 0.2) is 0 Å². The first-order valence-corrected chi connectivity index (χ1v) is 6.97. The summed E-state index contributed by atoms with van der Waals surface area (Å²) in [4.78, 5) is 31.5. The van der Waals surface area contributed by atoms with Gasteiger partial charge in [0.1, 0.15) is 5.75 Å². The van der Waals surface area contributed by atoms with Gasteiger partial charge in [-0.25, -0.2) is 4.79 Å². The highest BCUT2D eigenvalue weighted by Crippen LogP contribution is 2.17. The lowest BCUT2D eigenvalue weighted by Gasteiger charge is -2.14. The van der Waals surface area contributed by atoms with Crippen molar-refractivity contribution < 1.29 is 19.4 Å². The average molecular weight is 315 g/mol. The maximum atomic E-state index is 12.3. The summed E-state index contributed by atoms with van der Waals surface area (Å²) in [6.07, 6.45) is 5.33. The first-order chi connectivity index (χ1) is 11.0. The number of aromatic carboxylic acids is 1. The number of carbonyl (C=O) groups is 2. The molecule has 0 fully saturated rings. The summed E-state index contributed by atoms with van der Waals surface area (Å²) in [5.74, 6) is -1.18. The summed E-state index contributed by atoms with van der Waals surface area (Å²) >= 11 is 0. The number of benzene rings is 1. The van der Waals surface area contributed by atoms with E-state index in [1.165, 1.54) is 25.3 Å². The number of amides is 1. The van der Waals surface area contributed by atoms with Gasteiger partial charge in [0, 0.05) is 36.6 Å². The Bertz CT molecular complexity index is 704. The topological polar surface area (TPSA) is 101 Å². The smallest absolute Gasteiger partial charge is 0.335 e. The quantitative estimate of drug-likeness (QED) is 0.838. The summed E-state index contributed by atoms with van der Waals surface area (Å²) in [6.45, 7) is 1.84. The molecule has 0 aliphatic rings. The number of carboxylic acids is 1. The van der Waals surface area contributed by atoms with Crippen LogP contribution in [-0.2, 0) is 6.42 Å². The number of nitrogens with one attached hydrogen (secondary N) is 1. The van der Waals surface area contributed by atoms with E-state index in [0.717, 1.165) is 5.69 Å². The van der Waals surface area contributed by atoms with Crippen LogP contribution in [0.5, 0.6) is 5.75 Å². The van der Waals surface area contributed by atoms with E-state index in [1.54, 1.807) is 18.6 Å². The predicted molar refractivity (Wildman–Crippen MR) is 82.6 cm³/mol. The van der Waals surface area contributed by atoms with Crippen LogP contribution in [0, 0.1) is 0 Å². The van der Waals surface area contributed by atoms with Gasteiger partial charge in [-0.15, -0.1) is 0 Å². The van der Waals surface area contributed by atoms with Crippen molar-refractivity contribution in [2.75, 3.05) is 7.11 Å². The zero-order chi connectivity index (χ0) is 16.8. The zero-order valence-corrected chi connectivity index (χ0v) is 12.8. The van der Waals surface area contributed by atoms with Gasteiger partial charge in [-0.1, -0.05) is 0 Å². The maximum Gasteiger partial charge on any atom is 0.335 e. The van der Waals surface area contributed by atoms with Gasteiger partial charge in [0.25, 0.3) is 5.91 Å². The predicted octanol–water partition coefficient (Wildman–Crippen LogP) is 1.54. The van der Waals surface area contributed by atoms with Crippen molar-refractivity contribution >= 4 is 11.9 Å². The van der Waals surface area contributed by atoms with E-state index in [-0.39, 0.29) is 23.1 Å². The number of rotatable bonds is 6. The summed E-state index contributed by atoms with van der Waals surface area (Å²) < 4.78 is 5.03. The van der Waals surface area contributed by atoms with Crippen LogP contribution in [0.2, 0.25) is 0 Å². The van der Waals surface area contributed by atoms with Gasteiger partial charge >= 0.3 is 5.97 Å². The van der Waals surface area contributed by atoms with Crippen LogP contribution in [0.25, 0.3) is 0 Å². The Morgan fingerprint density at radius 3 is 2.61 bits per heavy atom. The van der Waals surface area contributed by atoms with Crippen molar-refractivity contribution in [3.8, 4) is 5.75 Å². The molecular weight excluding hydrogens is 298 g/mol. The molecule has 0 aliphatic heterocycles. The Morgan fingerprint density at radius 2 is 2.00 bits per heavy atom. The molecule has 1 unspecified atom stereocenters. The number of nitrogens with zero attached hydrogens (tertiary/aromatic N) is 2. The lowest BCUT2D eigenvalue weighted by molar-refractivity contribution is 0.0696. The molecule has 1 amide bonds. The van der Waals surface area contributed by atoms with Gasteiger partial charge in [-0.3, -0.25) is 14.8 Å².